The van der Waals surface area contributed by atoms with Crippen LogP contribution in [0.3, 0.4) is 0 Å². The van der Waals surface area contributed by atoms with Crippen molar-refractivity contribution < 1.29 is 14.6 Å². The SMILES string of the molecule is COC1(C(=O)NCC2(C)CCCCC2O)CCNCC1.Cl. The molecule has 21 heavy (non-hydrogen) atoms. The van der Waals surface area contributed by atoms with E-state index in [4.69, 9.17) is 4.74 Å². The number of amides is 1. The predicted molar refractivity (Wildman–Crippen MR) is 84.7 cm³/mol. The molecule has 1 saturated heterocycles. The van der Waals surface area contributed by atoms with Crippen molar-refractivity contribution in [3.8, 4) is 0 Å². The van der Waals surface area contributed by atoms with Crippen LogP contribution in [0.15, 0.2) is 0 Å². The van der Waals surface area contributed by atoms with Crippen LogP contribution in [0.4, 0.5) is 0 Å². The summed E-state index contributed by atoms with van der Waals surface area (Å²) in [5.41, 5.74) is -0.892. The van der Waals surface area contributed by atoms with E-state index >= 15 is 0 Å². The highest BCUT2D eigenvalue weighted by Gasteiger charge is 2.42. The van der Waals surface area contributed by atoms with Crippen molar-refractivity contribution in [1.82, 2.24) is 10.6 Å². The van der Waals surface area contributed by atoms with Crippen molar-refractivity contribution in [2.75, 3.05) is 26.7 Å². The lowest BCUT2D eigenvalue weighted by Gasteiger charge is -2.40. The van der Waals surface area contributed by atoms with Gasteiger partial charge >= 0.3 is 0 Å². The molecule has 0 bridgehead atoms. The summed E-state index contributed by atoms with van der Waals surface area (Å²) in [6.07, 6.45) is 5.11. The molecule has 124 valence electrons. The fourth-order valence-corrected chi connectivity index (χ4v) is 3.39. The van der Waals surface area contributed by atoms with Crippen molar-refractivity contribution in [1.29, 1.82) is 0 Å². The highest BCUT2D eigenvalue weighted by molar-refractivity contribution is 5.85. The second-order valence-corrected chi connectivity index (χ2v) is 6.55. The highest BCUT2D eigenvalue weighted by Crippen LogP contribution is 2.35. The Morgan fingerprint density at radius 1 is 1.33 bits per heavy atom. The number of carbonyl (C=O) groups is 1. The minimum Gasteiger partial charge on any atom is -0.392 e. The molecule has 0 radical (unpaired) electrons. The van der Waals surface area contributed by atoms with Crippen LogP contribution >= 0.6 is 12.4 Å². The van der Waals surface area contributed by atoms with Gasteiger partial charge in [-0.05, 0) is 38.8 Å². The molecule has 6 heteroatoms. The number of hydrogen-bond donors (Lipinski definition) is 3. The topological polar surface area (TPSA) is 70.6 Å². The van der Waals surface area contributed by atoms with Crippen LogP contribution < -0.4 is 10.6 Å². The zero-order valence-corrected chi connectivity index (χ0v) is 13.9. The second-order valence-electron chi connectivity index (χ2n) is 6.55. The first kappa shape index (κ1) is 18.7. The Labute approximate surface area is 133 Å². The smallest absolute Gasteiger partial charge is 0.252 e. The molecule has 2 atom stereocenters. The Morgan fingerprint density at radius 3 is 2.57 bits per heavy atom. The van der Waals surface area contributed by atoms with Gasteiger partial charge in [0.15, 0.2) is 0 Å². The third kappa shape index (κ3) is 4.09. The van der Waals surface area contributed by atoms with Gasteiger partial charge in [-0.15, -0.1) is 12.4 Å². The molecule has 2 unspecified atom stereocenters. The minimum atomic E-state index is -0.693. The van der Waals surface area contributed by atoms with Crippen molar-refractivity contribution >= 4 is 18.3 Å². The molecule has 1 aliphatic heterocycles. The fraction of sp³-hybridized carbons (Fsp3) is 0.933. The number of piperidine rings is 1. The summed E-state index contributed by atoms with van der Waals surface area (Å²) >= 11 is 0. The van der Waals surface area contributed by atoms with E-state index in [0.29, 0.717) is 19.4 Å². The maximum absolute atomic E-state index is 12.5. The molecule has 2 aliphatic rings. The van der Waals surface area contributed by atoms with E-state index in [2.05, 4.69) is 17.6 Å². The molecule has 1 amide bonds. The molecule has 1 heterocycles. The Bertz CT molecular complexity index is 348. The standard InChI is InChI=1S/C15H28N2O3.ClH/c1-14(6-4-3-5-12(14)18)11-17-13(19)15(20-2)7-9-16-10-8-15;/h12,16,18H,3-11H2,1-2H3,(H,17,19);1H. The molecule has 3 N–H and O–H groups in total. The molecular weight excluding hydrogens is 292 g/mol. The zero-order chi connectivity index (χ0) is 14.6. The van der Waals surface area contributed by atoms with Gasteiger partial charge in [0.1, 0.15) is 5.60 Å². The van der Waals surface area contributed by atoms with E-state index in [1.165, 1.54) is 0 Å². The number of halogens is 1. The summed E-state index contributed by atoms with van der Waals surface area (Å²) in [4.78, 5) is 12.5. The van der Waals surface area contributed by atoms with Crippen LogP contribution in [-0.2, 0) is 9.53 Å². The third-order valence-electron chi connectivity index (χ3n) is 5.15. The van der Waals surface area contributed by atoms with Gasteiger partial charge in [-0.3, -0.25) is 4.79 Å². The van der Waals surface area contributed by atoms with Gasteiger partial charge in [0.05, 0.1) is 6.10 Å². The molecule has 1 saturated carbocycles. The molecule has 0 spiro atoms. The van der Waals surface area contributed by atoms with Crippen LogP contribution in [0.5, 0.6) is 0 Å². The lowest BCUT2D eigenvalue weighted by Crippen LogP contribution is -2.56. The first-order valence-corrected chi connectivity index (χ1v) is 7.75. The number of methoxy groups -OCH3 is 1. The number of rotatable bonds is 4. The maximum atomic E-state index is 12.5. The summed E-state index contributed by atoms with van der Waals surface area (Å²) in [6.45, 7) is 4.22. The molecule has 2 rings (SSSR count). The normalized spacial score (nSPS) is 32.0. The summed E-state index contributed by atoms with van der Waals surface area (Å²) < 4.78 is 5.53. The number of aliphatic hydroxyl groups excluding tert-OH is 1. The van der Waals surface area contributed by atoms with Crippen LogP contribution in [0, 0.1) is 5.41 Å². The van der Waals surface area contributed by atoms with Gasteiger partial charge in [-0.1, -0.05) is 19.8 Å². The van der Waals surface area contributed by atoms with Crippen LogP contribution in [-0.4, -0.2) is 49.5 Å². The Morgan fingerprint density at radius 2 is 2.00 bits per heavy atom. The van der Waals surface area contributed by atoms with Crippen LogP contribution in [0.2, 0.25) is 0 Å². The van der Waals surface area contributed by atoms with Crippen molar-refractivity contribution in [2.45, 2.75) is 57.2 Å². The third-order valence-corrected chi connectivity index (χ3v) is 5.15. The number of hydrogen-bond acceptors (Lipinski definition) is 4. The Balaban J connectivity index is 0.00000220. The van der Waals surface area contributed by atoms with E-state index in [-0.39, 0.29) is 29.8 Å². The summed E-state index contributed by atoms with van der Waals surface area (Å²) in [5, 5.41) is 16.5. The average Bonchev–Trinajstić information content (AvgIpc) is 2.49. The van der Waals surface area contributed by atoms with Gasteiger partial charge in [0, 0.05) is 19.1 Å². The first-order valence-electron chi connectivity index (χ1n) is 7.75. The molecule has 5 nitrogen and oxygen atoms in total. The maximum Gasteiger partial charge on any atom is 0.252 e. The van der Waals surface area contributed by atoms with Gasteiger partial charge in [0.25, 0.3) is 5.91 Å². The van der Waals surface area contributed by atoms with E-state index in [1.54, 1.807) is 7.11 Å². The number of aliphatic hydroxyl groups is 1. The number of ether oxygens (including phenoxy) is 1. The van der Waals surface area contributed by atoms with Gasteiger partial charge in [0.2, 0.25) is 0 Å². The zero-order valence-electron chi connectivity index (χ0n) is 13.1. The minimum absolute atomic E-state index is 0. The second kappa shape index (κ2) is 7.77. The molecule has 0 aromatic rings. The van der Waals surface area contributed by atoms with Crippen molar-refractivity contribution in [3.05, 3.63) is 0 Å². The van der Waals surface area contributed by atoms with Gasteiger partial charge in [-0.2, -0.15) is 0 Å². The van der Waals surface area contributed by atoms with E-state index in [0.717, 1.165) is 38.8 Å². The predicted octanol–water partition coefficient (Wildman–Crippen LogP) is 1.23. The first-order chi connectivity index (χ1) is 9.52. The summed E-state index contributed by atoms with van der Waals surface area (Å²) in [7, 11) is 1.61. The van der Waals surface area contributed by atoms with Crippen LogP contribution in [0.25, 0.3) is 0 Å². The largest absolute Gasteiger partial charge is 0.392 e. The van der Waals surface area contributed by atoms with Crippen molar-refractivity contribution in [2.24, 2.45) is 5.41 Å². The van der Waals surface area contributed by atoms with Gasteiger partial charge < -0.3 is 20.5 Å². The fourth-order valence-electron chi connectivity index (χ4n) is 3.39. The lowest BCUT2D eigenvalue weighted by molar-refractivity contribution is -0.147. The molecular formula is C15H29ClN2O3. The monoisotopic (exact) mass is 320 g/mol. The quantitative estimate of drug-likeness (QED) is 0.729. The summed E-state index contributed by atoms with van der Waals surface area (Å²) in [6, 6.07) is 0. The van der Waals surface area contributed by atoms with Gasteiger partial charge in [-0.25, -0.2) is 0 Å². The summed E-state index contributed by atoms with van der Waals surface area (Å²) in [5.74, 6) is -0.0273. The average molecular weight is 321 g/mol. The molecule has 0 aromatic heterocycles. The van der Waals surface area contributed by atoms with E-state index in [1.807, 2.05) is 0 Å². The Hall–Kier alpha value is -0.360. The van der Waals surface area contributed by atoms with Crippen LogP contribution in [0.1, 0.15) is 45.4 Å². The highest BCUT2D eigenvalue weighted by atomic mass is 35.5. The number of nitrogens with one attached hydrogen (secondary N) is 2. The molecule has 1 aliphatic carbocycles. The number of carbonyl (C=O) groups excluding carboxylic acids is 1. The van der Waals surface area contributed by atoms with E-state index < -0.39 is 5.60 Å². The van der Waals surface area contributed by atoms with E-state index in [9.17, 15) is 9.90 Å². The molecule has 2 fully saturated rings. The van der Waals surface area contributed by atoms with Crippen molar-refractivity contribution in [3.63, 3.8) is 0 Å². The lowest BCUT2D eigenvalue weighted by atomic mass is 9.73. The Kier molecular flexibility index (Phi) is 6.91. The molecule has 0 aromatic carbocycles.